The average molecular weight is 755 g/mol. The maximum absolute atomic E-state index is 14.0. The number of hydrogen-bond acceptors (Lipinski definition) is 8. The number of hydrogen-bond donors (Lipinski definition) is 4. The Kier molecular flexibility index (Phi) is 17.9. The molecule has 3 aliphatic rings. The molecule has 4 unspecified atom stereocenters. The van der Waals surface area contributed by atoms with Crippen LogP contribution in [0.25, 0.3) is 0 Å². The molecular formula is C40H62N6O8. The van der Waals surface area contributed by atoms with Gasteiger partial charge in [-0.1, -0.05) is 89.1 Å². The lowest BCUT2D eigenvalue weighted by Gasteiger charge is -2.35. The van der Waals surface area contributed by atoms with Gasteiger partial charge in [-0.05, 0) is 63.4 Å². The fraction of sp³-hybridized carbons (Fsp3) is 0.675. The van der Waals surface area contributed by atoms with Crippen LogP contribution in [0.4, 0.5) is 4.79 Å². The van der Waals surface area contributed by atoms with Gasteiger partial charge in [0.1, 0.15) is 18.1 Å². The molecule has 1 aromatic carbocycles. The highest BCUT2D eigenvalue weighted by Gasteiger charge is 2.42. The van der Waals surface area contributed by atoms with Crippen LogP contribution in [0.3, 0.4) is 0 Å². The number of nitrogens with zero attached hydrogens (tertiary/aromatic N) is 2. The van der Waals surface area contributed by atoms with Crippen molar-refractivity contribution in [2.45, 2.75) is 135 Å². The van der Waals surface area contributed by atoms with Crippen molar-refractivity contribution in [2.24, 2.45) is 11.8 Å². The molecule has 1 heterocycles. The predicted molar refractivity (Wildman–Crippen MR) is 204 cm³/mol. The summed E-state index contributed by atoms with van der Waals surface area (Å²) in [7, 11) is 3.13. The molecule has 0 radical (unpaired) electrons. The van der Waals surface area contributed by atoms with E-state index >= 15 is 0 Å². The molecule has 4 N–H and O–H groups in total. The number of ether oxygens (including phenoxy) is 1. The zero-order chi connectivity index (χ0) is 39.8. The lowest BCUT2D eigenvalue weighted by molar-refractivity contribution is -0.144. The average Bonchev–Trinajstić information content (AvgIpc) is 3.63. The van der Waals surface area contributed by atoms with Gasteiger partial charge < -0.3 is 35.8 Å². The minimum Gasteiger partial charge on any atom is -0.447 e. The second-order valence-corrected chi connectivity index (χ2v) is 15.2. The van der Waals surface area contributed by atoms with E-state index < -0.39 is 60.3 Å². The summed E-state index contributed by atoms with van der Waals surface area (Å²) in [6.07, 6.45) is 8.58. The van der Waals surface area contributed by atoms with Gasteiger partial charge in [-0.25, -0.2) is 4.79 Å². The Labute approximate surface area is 320 Å². The Bertz CT molecular complexity index is 1430. The first-order valence-corrected chi connectivity index (χ1v) is 19.7. The van der Waals surface area contributed by atoms with E-state index in [4.69, 9.17) is 4.74 Å². The van der Waals surface area contributed by atoms with Crippen molar-refractivity contribution < 1.29 is 38.3 Å². The van der Waals surface area contributed by atoms with Gasteiger partial charge in [0, 0.05) is 20.6 Å². The van der Waals surface area contributed by atoms with Crippen LogP contribution in [0.15, 0.2) is 30.3 Å². The topological polar surface area (TPSA) is 183 Å². The fourth-order valence-electron chi connectivity index (χ4n) is 7.08. The fourth-order valence-corrected chi connectivity index (χ4v) is 7.08. The molecule has 2 aliphatic carbocycles. The molecule has 2 saturated carbocycles. The zero-order valence-corrected chi connectivity index (χ0v) is 33.0. The summed E-state index contributed by atoms with van der Waals surface area (Å²) in [6, 6.07) is 4.82. The minimum atomic E-state index is -1.15. The lowest BCUT2D eigenvalue weighted by Crippen LogP contribution is -2.58. The molecule has 14 heteroatoms. The molecule has 14 nitrogen and oxygen atoms in total. The van der Waals surface area contributed by atoms with Gasteiger partial charge in [-0.15, -0.1) is 0 Å². The second-order valence-electron chi connectivity index (χ2n) is 15.2. The van der Waals surface area contributed by atoms with Crippen molar-refractivity contribution in [1.29, 1.82) is 0 Å². The number of carbonyl (C=O) groups is 7. The van der Waals surface area contributed by atoms with E-state index in [-0.39, 0.29) is 36.2 Å². The summed E-state index contributed by atoms with van der Waals surface area (Å²) >= 11 is 0. The van der Waals surface area contributed by atoms with E-state index in [0.717, 1.165) is 51.4 Å². The third-order valence-corrected chi connectivity index (χ3v) is 10.0. The van der Waals surface area contributed by atoms with E-state index in [9.17, 15) is 33.6 Å². The molecular weight excluding hydrogens is 692 g/mol. The van der Waals surface area contributed by atoms with Crippen LogP contribution in [-0.2, 0) is 33.5 Å². The van der Waals surface area contributed by atoms with Crippen molar-refractivity contribution in [3.8, 4) is 0 Å². The van der Waals surface area contributed by atoms with Gasteiger partial charge >= 0.3 is 6.09 Å². The zero-order valence-electron chi connectivity index (χ0n) is 33.0. The Morgan fingerprint density at radius 2 is 1.48 bits per heavy atom. The Balaban J connectivity index is 0.00000253. The molecule has 54 heavy (non-hydrogen) atoms. The van der Waals surface area contributed by atoms with Crippen LogP contribution in [0.1, 0.15) is 116 Å². The monoisotopic (exact) mass is 754 g/mol. The Morgan fingerprint density at radius 3 is 2.06 bits per heavy atom. The number of Topliss-reactive ketones (excluding diaryl/α,β-unsaturated/α-hetero) is 1. The van der Waals surface area contributed by atoms with Crippen LogP contribution in [0.2, 0.25) is 0 Å². The minimum absolute atomic E-state index is 0.0897. The number of likely N-dealkylation sites (N-methyl/N-ethyl adjacent to an activating group) is 1. The Morgan fingerprint density at radius 1 is 0.833 bits per heavy atom. The molecule has 1 aromatic rings. The van der Waals surface area contributed by atoms with Gasteiger partial charge in [-0.3, -0.25) is 28.8 Å². The van der Waals surface area contributed by atoms with Crippen molar-refractivity contribution in [1.82, 2.24) is 31.1 Å². The van der Waals surface area contributed by atoms with E-state index in [1.807, 2.05) is 0 Å². The number of amides is 6. The molecule has 0 bridgehead atoms. The quantitative estimate of drug-likeness (QED) is 0.195. The number of ketones is 1. The highest BCUT2D eigenvalue weighted by atomic mass is 16.6. The molecule has 4 atom stereocenters. The molecule has 0 aromatic heterocycles. The van der Waals surface area contributed by atoms with E-state index in [1.165, 1.54) is 16.2 Å². The van der Waals surface area contributed by atoms with Crippen LogP contribution in [0, 0.1) is 11.8 Å². The summed E-state index contributed by atoms with van der Waals surface area (Å²) in [4.78, 5) is 95.6. The van der Waals surface area contributed by atoms with Gasteiger partial charge in [0.05, 0.1) is 18.7 Å². The van der Waals surface area contributed by atoms with E-state index in [2.05, 4.69) is 35.1 Å². The SMILES string of the molecule is CC(C)OC(=O)NC(C(=O)N1CCCC1C(=O)NC(CC1CCC1)C(=O)C(=O)NCC(=O)NC(C(=O)N(C)C)c1ccccc1)C1CCCCC1.CCC. The lowest BCUT2D eigenvalue weighted by atomic mass is 9.80. The van der Waals surface area contributed by atoms with Crippen molar-refractivity contribution in [3.63, 3.8) is 0 Å². The molecule has 1 aliphatic heterocycles. The molecule has 0 spiro atoms. The van der Waals surface area contributed by atoms with Gasteiger partial charge in [-0.2, -0.15) is 0 Å². The first kappa shape index (κ1) is 43.9. The predicted octanol–water partition coefficient (Wildman–Crippen LogP) is 3.78. The summed E-state index contributed by atoms with van der Waals surface area (Å²) < 4.78 is 5.29. The molecule has 300 valence electrons. The smallest absolute Gasteiger partial charge is 0.408 e. The van der Waals surface area contributed by atoms with Gasteiger partial charge in [0.2, 0.25) is 29.4 Å². The summed E-state index contributed by atoms with van der Waals surface area (Å²) in [6.45, 7) is 7.46. The summed E-state index contributed by atoms with van der Waals surface area (Å²) in [5.74, 6) is -3.79. The van der Waals surface area contributed by atoms with E-state index in [0.29, 0.717) is 24.9 Å². The number of carbonyl (C=O) groups excluding carboxylic acids is 7. The normalized spacial score (nSPS) is 18.8. The van der Waals surface area contributed by atoms with Crippen LogP contribution in [-0.4, -0.2) is 103 Å². The van der Waals surface area contributed by atoms with Crippen molar-refractivity contribution >= 4 is 41.4 Å². The largest absolute Gasteiger partial charge is 0.447 e. The maximum Gasteiger partial charge on any atom is 0.408 e. The van der Waals surface area contributed by atoms with E-state index in [1.54, 1.807) is 58.3 Å². The standard InChI is InChI=1S/C37H54N6O8.C3H8/c1-23(2)51-37(50)41-31(26-17-9-6-10-18-26)36(49)43-20-12-19-28(43)33(46)39-27(21-24-13-11-14-24)32(45)34(47)38-22-29(44)40-30(35(48)42(3)4)25-15-7-5-8-16-25;1-3-2/h5,7-8,15-16,23-24,26-28,30-31H,6,9-14,17-22H2,1-4H3,(H,38,47)(H,39,46)(H,40,44)(H,41,50);3H2,1-2H3. The van der Waals surface area contributed by atoms with Crippen molar-refractivity contribution in [3.05, 3.63) is 35.9 Å². The highest BCUT2D eigenvalue weighted by Crippen LogP contribution is 2.32. The van der Waals surface area contributed by atoms with Crippen LogP contribution < -0.4 is 21.3 Å². The van der Waals surface area contributed by atoms with Crippen molar-refractivity contribution in [2.75, 3.05) is 27.2 Å². The summed E-state index contributed by atoms with van der Waals surface area (Å²) in [5.41, 5.74) is 0.561. The first-order valence-electron chi connectivity index (χ1n) is 19.7. The highest BCUT2D eigenvalue weighted by molar-refractivity contribution is 6.38. The van der Waals surface area contributed by atoms with Gasteiger partial charge in [0.15, 0.2) is 0 Å². The maximum atomic E-state index is 14.0. The molecule has 3 fully saturated rings. The van der Waals surface area contributed by atoms with Crippen LogP contribution >= 0.6 is 0 Å². The number of alkyl carbamates (subject to hydrolysis) is 1. The van der Waals surface area contributed by atoms with Gasteiger partial charge in [0.25, 0.3) is 5.91 Å². The Hall–Kier alpha value is -4.49. The first-order chi connectivity index (χ1) is 25.8. The number of rotatable bonds is 15. The third kappa shape index (κ3) is 13.1. The summed E-state index contributed by atoms with van der Waals surface area (Å²) in [5, 5.41) is 10.5. The number of benzene rings is 1. The molecule has 4 rings (SSSR count). The number of nitrogens with one attached hydrogen (secondary N) is 4. The molecule has 1 saturated heterocycles. The van der Waals surface area contributed by atoms with Crippen LogP contribution in [0.5, 0.6) is 0 Å². The third-order valence-electron chi connectivity index (χ3n) is 10.0. The second kappa shape index (κ2) is 22.0. The molecule has 6 amide bonds. The number of likely N-dealkylation sites (tertiary alicyclic amines) is 1.